The summed E-state index contributed by atoms with van der Waals surface area (Å²) in [7, 11) is 0. The fourth-order valence-corrected chi connectivity index (χ4v) is 4.74. The molecule has 0 saturated heterocycles. The summed E-state index contributed by atoms with van der Waals surface area (Å²) in [6, 6.07) is 22.6. The normalized spacial score (nSPS) is 11.6. The van der Waals surface area contributed by atoms with E-state index in [1.165, 1.54) is 23.9 Å². The Morgan fingerprint density at radius 3 is 2.37 bits per heavy atom. The first kappa shape index (κ1) is 26.8. The van der Waals surface area contributed by atoms with E-state index in [4.69, 9.17) is 11.6 Å². The summed E-state index contributed by atoms with van der Waals surface area (Å²) in [5, 5.41) is 3.61. The minimum atomic E-state index is -0.687. The Labute approximate surface area is 215 Å². The van der Waals surface area contributed by atoms with E-state index < -0.39 is 6.04 Å². The van der Waals surface area contributed by atoms with E-state index in [1.807, 2.05) is 61.5 Å². The van der Waals surface area contributed by atoms with Crippen molar-refractivity contribution in [2.45, 2.75) is 38.1 Å². The zero-order chi connectivity index (χ0) is 25.0. The molecule has 0 heterocycles. The molecule has 1 N–H and O–H groups in total. The third kappa shape index (κ3) is 8.71. The molecule has 0 radical (unpaired) electrons. The molecule has 0 saturated carbocycles. The van der Waals surface area contributed by atoms with Gasteiger partial charge in [-0.05, 0) is 47.4 Å². The monoisotopic (exact) mass is 512 g/mol. The second kappa shape index (κ2) is 13.9. The first-order valence-electron chi connectivity index (χ1n) is 11.6. The van der Waals surface area contributed by atoms with Crippen molar-refractivity contribution >= 4 is 35.2 Å². The number of benzene rings is 3. The second-order valence-corrected chi connectivity index (χ2v) is 9.69. The summed E-state index contributed by atoms with van der Waals surface area (Å²) in [6.07, 6.45) is 1.19. The maximum Gasteiger partial charge on any atom is 0.243 e. The Kier molecular flexibility index (Phi) is 10.6. The van der Waals surface area contributed by atoms with Gasteiger partial charge in [0.05, 0.1) is 5.75 Å². The molecule has 3 aromatic rings. The minimum Gasteiger partial charge on any atom is -0.354 e. The SMILES string of the molecule is CCCNC(=O)C(Cc1ccccc1)N(Cc1ccc(F)cc1)C(=O)CSCc1cccc(Cl)c1. The van der Waals surface area contributed by atoms with Gasteiger partial charge in [-0.25, -0.2) is 4.39 Å². The van der Waals surface area contributed by atoms with Gasteiger partial charge in [-0.3, -0.25) is 9.59 Å². The summed E-state index contributed by atoms with van der Waals surface area (Å²) in [5.41, 5.74) is 2.76. The summed E-state index contributed by atoms with van der Waals surface area (Å²) >= 11 is 7.55. The molecule has 0 aliphatic heterocycles. The molecule has 35 heavy (non-hydrogen) atoms. The molecular weight excluding hydrogens is 483 g/mol. The van der Waals surface area contributed by atoms with Crippen LogP contribution in [-0.2, 0) is 28.3 Å². The van der Waals surface area contributed by atoms with Gasteiger partial charge in [0.15, 0.2) is 0 Å². The fraction of sp³-hybridized carbons (Fsp3) is 0.286. The van der Waals surface area contributed by atoms with Crippen molar-refractivity contribution in [3.63, 3.8) is 0 Å². The molecule has 7 heteroatoms. The van der Waals surface area contributed by atoms with Gasteiger partial charge in [0.1, 0.15) is 11.9 Å². The van der Waals surface area contributed by atoms with Crippen molar-refractivity contribution < 1.29 is 14.0 Å². The number of rotatable bonds is 12. The van der Waals surface area contributed by atoms with E-state index in [0.717, 1.165) is 23.1 Å². The standard InChI is InChI=1S/C28H30ClFN2O2S/c1-2-15-31-28(34)26(17-21-7-4-3-5-8-21)32(18-22-11-13-25(30)14-12-22)27(33)20-35-19-23-9-6-10-24(29)16-23/h3-14,16,26H,2,15,17-20H2,1H3,(H,31,34). The number of carbonyl (C=O) groups is 2. The van der Waals surface area contributed by atoms with Crippen molar-refractivity contribution in [2.75, 3.05) is 12.3 Å². The number of hydrogen-bond donors (Lipinski definition) is 1. The number of thioether (sulfide) groups is 1. The Balaban J connectivity index is 1.82. The number of amides is 2. The van der Waals surface area contributed by atoms with Crippen LogP contribution in [0.3, 0.4) is 0 Å². The predicted molar refractivity (Wildman–Crippen MR) is 142 cm³/mol. The molecule has 184 valence electrons. The molecule has 3 aromatic carbocycles. The Morgan fingerprint density at radius 1 is 0.971 bits per heavy atom. The van der Waals surface area contributed by atoms with E-state index >= 15 is 0 Å². The minimum absolute atomic E-state index is 0.145. The molecule has 1 unspecified atom stereocenters. The summed E-state index contributed by atoms with van der Waals surface area (Å²) in [5.74, 6) is 0.160. The van der Waals surface area contributed by atoms with Crippen molar-refractivity contribution in [2.24, 2.45) is 0 Å². The number of carbonyl (C=O) groups excluding carboxylic acids is 2. The molecule has 1 atom stereocenters. The van der Waals surface area contributed by atoms with Crippen LogP contribution in [0.2, 0.25) is 5.02 Å². The highest BCUT2D eigenvalue weighted by Crippen LogP contribution is 2.20. The Morgan fingerprint density at radius 2 is 1.69 bits per heavy atom. The van der Waals surface area contributed by atoms with Crippen LogP contribution in [0.25, 0.3) is 0 Å². The first-order valence-corrected chi connectivity index (χ1v) is 13.2. The van der Waals surface area contributed by atoms with E-state index in [9.17, 15) is 14.0 Å². The lowest BCUT2D eigenvalue weighted by Gasteiger charge is -2.31. The molecule has 0 aliphatic rings. The van der Waals surface area contributed by atoms with E-state index in [-0.39, 0.29) is 29.9 Å². The van der Waals surface area contributed by atoms with Crippen LogP contribution < -0.4 is 5.32 Å². The van der Waals surface area contributed by atoms with Crippen LogP contribution in [-0.4, -0.2) is 35.1 Å². The van der Waals surface area contributed by atoms with Crippen LogP contribution in [0.5, 0.6) is 0 Å². The lowest BCUT2D eigenvalue weighted by molar-refractivity contribution is -0.139. The average molecular weight is 513 g/mol. The molecular formula is C28H30ClFN2O2S. The third-order valence-electron chi connectivity index (χ3n) is 5.47. The highest BCUT2D eigenvalue weighted by Gasteiger charge is 2.30. The van der Waals surface area contributed by atoms with Crippen molar-refractivity contribution in [1.29, 1.82) is 0 Å². The van der Waals surface area contributed by atoms with Crippen LogP contribution in [0.1, 0.15) is 30.0 Å². The van der Waals surface area contributed by atoms with Crippen molar-refractivity contribution in [3.8, 4) is 0 Å². The number of nitrogens with one attached hydrogen (secondary N) is 1. The van der Waals surface area contributed by atoms with Gasteiger partial charge in [-0.1, -0.05) is 73.1 Å². The highest BCUT2D eigenvalue weighted by molar-refractivity contribution is 7.99. The third-order valence-corrected chi connectivity index (χ3v) is 6.69. The first-order chi connectivity index (χ1) is 17.0. The molecule has 0 bridgehead atoms. The van der Waals surface area contributed by atoms with Crippen LogP contribution >= 0.6 is 23.4 Å². The van der Waals surface area contributed by atoms with Gasteiger partial charge in [0.2, 0.25) is 11.8 Å². The molecule has 4 nitrogen and oxygen atoms in total. The van der Waals surface area contributed by atoms with Crippen LogP contribution in [0, 0.1) is 5.82 Å². The predicted octanol–water partition coefficient (Wildman–Crippen LogP) is 5.88. The summed E-state index contributed by atoms with van der Waals surface area (Å²) in [6.45, 7) is 2.74. The topological polar surface area (TPSA) is 49.4 Å². The summed E-state index contributed by atoms with van der Waals surface area (Å²) in [4.78, 5) is 28.4. The fourth-order valence-electron chi connectivity index (χ4n) is 3.67. The average Bonchev–Trinajstić information content (AvgIpc) is 2.86. The molecule has 0 aromatic heterocycles. The van der Waals surface area contributed by atoms with Gasteiger partial charge in [0, 0.05) is 30.3 Å². The van der Waals surface area contributed by atoms with Crippen LogP contribution in [0.15, 0.2) is 78.9 Å². The Hall–Kier alpha value is -2.83. The molecule has 0 aliphatic carbocycles. The maximum atomic E-state index is 13.5. The quantitative estimate of drug-likeness (QED) is 0.330. The molecule has 2 amide bonds. The molecule has 0 spiro atoms. The molecule has 3 rings (SSSR count). The van der Waals surface area contributed by atoms with E-state index in [2.05, 4.69) is 5.32 Å². The zero-order valence-electron chi connectivity index (χ0n) is 19.8. The lowest BCUT2D eigenvalue weighted by Crippen LogP contribution is -2.51. The van der Waals surface area contributed by atoms with Crippen molar-refractivity contribution in [3.05, 3.63) is 106 Å². The largest absolute Gasteiger partial charge is 0.354 e. The molecule has 0 fully saturated rings. The highest BCUT2D eigenvalue weighted by atomic mass is 35.5. The van der Waals surface area contributed by atoms with Crippen molar-refractivity contribution in [1.82, 2.24) is 10.2 Å². The van der Waals surface area contributed by atoms with E-state index in [1.54, 1.807) is 17.0 Å². The van der Waals surface area contributed by atoms with Gasteiger partial charge in [0.25, 0.3) is 0 Å². The van der Waals surface area contributed by atoms with Gasteiger partial charge >= 0.3 is 0 Å². The maximum absolute atomic E-state index is 13.5. The number of nitrogens with zero attached hydrogens (tertiary/aromatic N) is 1. The second-order valence-electron chi connectivity index (χ2n) is 8.27. The smallest absolute Gasteiger partial charge is 0.243 e. The van der Waals surface area contributed by atoms with Gasteiger partial charge < -0.3 is 10.2 Å². The lowest BCUT2D eigenvalue weighted by atomic mass is 10.0. The van der Waals surface area contributed by atoms with E-state index in [0.29, 0.717) is 23.7 Å². The number of hydrogen-bond acceptors (Lipinski definition) is 3. The zero-order valence-corrected chi connectivity index (χ0v) is 21.3. The van der Waals surface area contributed by atoms with Gasteiger partial charge in [-0.15, -0.1) is 11.8 Å². The van der Waals surface area contributed by atoms with Gasteiger partial charge in [-0.2, -0.15) is 0 Å². The number of halogens is 2. The summed E-state index contributed by atoms with van der Waals surface area (Å²) < 4.78 is 13.5. The van der Waals surface area contributed by atoms with Crippen LogP contribution in [0.4, 0.5) is 4.39 Å². The Bertz CT molecular complexity index is 1100.